The van der Waals surface area contributed by atoms with Gasteiger partial charge in [0, 0.05) is 19.1 Å². The van der Waals surface area contributed by atoms with E-state index in [0.29, 0.717) is 41.7 Å². The van der Waals surface area contributed by atoms with Gasteiger partial charge < -0.3 is 14.4 Å². The molecule has 7 nitrogen and oxygen atoms in total. The molecule has 1 saturated heterocycles. The van der Waals surface area contributed by atoms with E-state index in [1.54, 1.807) is 24.6 Å². The number of carbonyl (C=O) groups excluding carboxylic acids is 1. The summed E-state index contributed by atoms with van der Waals surface area (Å²) in [6, 6.07) is 13.0. The van der Waals surface area contributed by atoms with Gasteiger partial charge in [-0.15, -0.1) is 0 Å². The molecule has 0 saturated carbocycles. The number of phenolic OH excluding ortho intramolecular Hbond substituents is 1. The van der Waals surface area contributed by atoms with E-state index >= 15 is 0 Å². The van der Waals surface area contributed by atoms with Crippen LogP contribution in [0.25, 0.3) is 22.5 Å². The van der Waals surface area contributed by atoms with Crippen molar-refractivity contribution in [2.24, 2.45) is 0 Å². The van der Waals surface area contributed by atoms with Gasteiger partial charge in [-0.3, -0.25) is 4.79 Å². The SMILES string of the molecule is CC(C)n1ncc2c(C(=O)N3CCC(c4ccc(O)cc4)CC3)cc(-c3ccco3)nc21. The Morgan fingerprint density at radius 2 is 1.91 bits per heavy atom. The van der Waals surface area contributed by atoms with Gasteiger partial charge in [0.05, 0.1) is 23.4 Å². The number of carbonyl (C=O) groups is 1. The van der Waals surface area contributed by atoms with Crippen LogP contribution in [0.15, 0.2) is 59.3 Å². The number of fused-ring (bicyclic) bond motifs is 1. The Labute approximate surface area is 186 Å². The summed E-state index contributed by atoms with van der Waals surface area (Å²) >= 11 is 0. The standard InChI is InChI=1S/C25H26N4O3/c1-16(2)29-24-21(15-26-29)20(14-22(27-24)23-4-3-13-32-23)25(31)28-11-9-18(10-12-28)17-5-7-19(30)8-6-17/h3-8,13-16,18,30H,9-12H2,1-2H3. The summed E-state index contributed by atoms with van der Waals surface area (Å²) in [4.78, 5) is 20.3. The molecular formula is C25H26N4O3. The predicted octanol–water partition coefficient (Wildman–Crippen LogP) is 5.00. The summed E-state index contributed by atoms with van der Waals surface area (Å²) in [6.07, 6.45) is 5.13. The number of likely N-dealkylation sites (tertiary alicyclic amines) is 1. The lowest BCUT2D eigenvalue weighted by Gasteiger charge is -2.32. The number of piperidine rings is 1. The number of benzene rings is 1. The van der Waals surface area contributed by atoms with Crippen molar-refractivity contribution in [2.75, 3.05) is 13.1 Å². The maximum absolute atomic E-state index is 13.6. The number of hydrogen-bond donors (Lipinski definition) is 1. The summed E-state index contributed by atoms with van der Waals surface area (Å²) in [5, 5.41) is 14.8. The fourth-order valence-electron chi connectivity index (χ4n) is 4.46. The third-order valence-electron chi connectivity index (χ3n) is 6.21. The van der Waals surface area contributed by atoms with Crippen molar-refractivity contribution in [3.63, 3.8) is 0 Å². The fraction of sp³-hybridized carbons (Fsp3) is 0.320. The van der Waals surface area contributed by atoms with Gasteiger partial charge in [-0.2, -0.15) is 5.10 Å². The van der Waals surface area contributed by atoms with Crippen LogP contribution in [0.3, 0.4) is 0 Å². The van der Waals surface area contributed by atoms with Gasteiger partial charge in [0.2, 0.25) is 0 Å². The van der Waals surface area contributed by atoms with E-state index in [2.05, 4.69) is 5.10 Å². The van der Waals surface area contributed by atoms with E-state index in [9.17, 15) is 9.90 Å². The van der Waals surface area contributed by atoms with Crippen LogP contribution < -0.4 is 0 Å². The second-order valence-corrected chi connectivity index (χ2v) is 8.61. The summed E-state index contributed by atoms with van der Waals surface area (Å²) < 4.78 is 7.41. The number of phenols is 1. The highest BCUT2D eigenvalue weighted by Crippen LogP contribution is 2.32. The third-order valence-corrected chi connectivity index (χ3v) is 6.21. The number of rotatable bonds is 4. The van der Waals surface area contributed by atoms with Crippen molar-refractivity contribution in [3.8, 4) is 17.2 Å². The van der Waals surface area contributed by atoms with Gasteiger partial charge in [-0.25, -0.2) is 9.67 Å². The highest BCUT2D eigenvalue weighted by atomic mass is 16.3. The van der Waals surface area contributed by atoms with Crippen LogP contribution in [0.4, 0.5) is 0 Å². The Morgan fingerprint density at radius 1 is 1.16 bits per heavy atom. The molecule has 4 aromatic rings. The van der Waals surface area contributed by atoms with Gasteiger partial charge in [-0.05, 0) is 68.5 Å². The largest absolute Gasteiger partial charge is 0.508 e. The first-order valence-corrected chi connectivity index (χ1v) is 11.0. The van der Waals surface area contributed by atoms with Crippen LogP contribution in [-0.2, 0) is 0 Å². The molecule has 1 N–H and O–H groups in total. The Kier molecular flexibility index (Phi) is 5.17. The van der Waals surface area contributed by atoms with Gasteiger partial charge in [0.1, 0.15) is 11.4 Å². The lowest BCUT2D eigenvalue weighted by Crippen LogP contribution is -2.38. The van der Waals surface area contributed by atoms with Crippen LogP contribution in [0, 0.1) is 0 Å². The molecule has 1 aromatic carbocycles. The first-order valence-electron chi connectivity index (χ1n) is 11.0. The zero-order valence-electron chi connectivity index (χ0n) is 18.2. The maximum atomic E-state index is 13.6. The van der Waals surface area contributed by atoms with Crippen molar-refractivity contribution < 1.29 is 14.3 Å². The van der Waals surface area contributed by atoms with E-state index in [1.807, 2.05) is 53.8 Å². The molecule has 1 fully saturated rings. The number of amides is 1. The molecule has 5 rings (SSSR count). The molecule has 0 bridgehead atoms. The molecule has 7 heteroatoms. The molecule has 0 radical (unpaired) electrons. The van der Waals surface area contributed by atoms with Crippen LogP contribution >= 0.6 is 0 Å². The summed E-state index contributed by atoms with van der Waals surface area (Å²) in [6.45, 7) is 5.46. The molecule has 0 aliphatic carbocycles. The lowest BCUT2D eigenvalue weighted by molar-refractivity contribution is 0.0715. The van der Waals surface area contributed by atoms with Gasteiger partial charge in [0.25, 0.3) is 5.91 Å². The van der Waals surface area contributed by atoms with Gasteiger partial charge in [0.15, 0.2) is 11.4 Å². The van der Waals surface area contributed by atoms with Crippen molar-refractivity contribution in [1.29, 1.82) is 0 Å². The van der Waals surface area contributed by atoms with Crippen molar-refractivity contribution >= 4 is 16.9 Å². The average Bonchev–Trinajstić information content (AvgIpc) is 3.49. The van der Waals surface area contributed by atoms with Crippen LogP contribution in [0.5, 0.6) is 5.75 Å². The number of aromatic nitrogens is 3. The van der Waals surface area contributed by atoms with E-state index < -0.39 is 0 Å². The minimum atomic E-state index is -0.00216. The minimum Gasteiger partial charge on any atom is -0.508 e. The van der Waals surface area contributed by atoms with Crippen LogP contribution in [0.1, 0.15) is 54.6 Å². The number of hydrogen-bond acceptors (Lipinski definition) is 5. The quantitative estimate of drug-likeness (QED) is 0.493. The monoisotopic (exact) mass is 430 g/mol. The van der Waals surface area contributed by atoms with E-state index in [-0.39, 0.29) is 17.7 Å². The zero-order chi connectivity index (χ0) is 22.2. The molecule has 0 atom stereocenters. The normalized spacial score (nSPS) is 15.0. The fourth-order valence-corrected chi connectivity index (χ4v) is 4.46. The maximum Gasteiger partial charge on any atom is 0.254 e. The Hall–Kier alpha value is -3.61. The van der Waals surface area contributed by atoms with Crippen molar-refractivity contribution in [3.05, 3.63) is 66.1 Å². The summed E-state index contributed by atoms with van der Waals surface area (Å²) in [5.41, 5.74) is 3.14. The third kappa shape index (κ3) is 3.64. The first kappa shape index (κ1) is 20.3. The number of nitrogens with zero attached hydrogens (tertiary/aromatic N) is 4. The highest BCUT2D eigenvalue weighted by molar-refractivity contribution is 6.06. The molecule has 0 spiro atoms. The van der Waals surface area contributed by atoms with E-state index in [4.69, 9.17) is 9.40 Å². The minimum absolute atomic E-state index is 0.00216. The Morgan fingerprint density at radius 3 is 2.56 bits per heavy atom. The van der Waals surface area contributed by atoms with Gasteiger partial charge in [-0.1, -0.05) is 12.1 Å². The molecule has 1 aliphatic rings. The predicted molar refractivity (Wildman–Crippen MR) is 122 cm³/mol. The molecule has 4 heterocycles. The Bertz CT molecular complexity index is 1230. The summed E-state index contributed by atoms with van der Waals surface area (Å²) in [7, 11) is 0. The smallest absolute Gasteiger partial charge is 0.254 e. The first-order chi connectivity index (χ1) is 15.5. The molecule has 164 valence electrons. The lowest BCUT2D eigenvalue weighted by atomic mass is 9.89. The molecule has 32 heavy (non-hydrogen) atoms. The second-order valence-electron chi connectivity index (χ2n) is 8.61. The van der Waals surface area contributed by atoms with Crippen LogP contribution in [-0.4, -0.2) is 43.8 Å². The van der Waals surface area contributed by atoms with E-state index in [0.717, 1.165) is 18.2 Å². The average molecular weight is 431 g/mol. The number of aromatic hydroxyl groups is 1. The zero-order valence-corrected chi connectivity index (χ0v) is 18.2. The van der Waals surface area contributed by atoms with E-state index in [1.165, 1.54) is 5.56 Å². The van der Waals surface area contributed by atoms with Crippen LogP contribution in [0.2, 0.25) is 0 Å². The Balaban J connectivity index is 1.45. The van der Waals surface area contributed by atoms with Gasteiger partial charge >= 0.3 is 0 Å². The number of pyridine rings is 1. The summed E-state index contributed by atoms with van der Waals surface area (Å²) in [5.74, 6) is 1.29. The molecule has 3 aromatic heterocycles. The number of furan rings is 1. The molecular weight excluding hydrogens is 404 g/mol. The van der Waals surface area contributed by atoms with Crippen molar-refractivity contribution in [1.82, 2.24) is 19.7 Å². The molecule has 1 aliphatic heterocycles. The highest BCUT2D eigenvalue weighted by Gasteiger charge is 2.27. The van der Waals surface area contributed by atoms with Crippen molar-refractivity contribution in [2.45, 2.75) is 38.6 Å². The molecule has 0 unspecified atom stereocenters. The topological polar surface area (TPSA) is 84.4 Å². The second kappa shape index (κ2) is 8.15. The molecule has 1 amide bonds.